The number of likely N-dealkylation sites (tertiary alicyclic amines) is 1. The first-order valence-corrected chi connectivity index (χ1v) is 8.41. The Kier molecular flexibility index (Phi) is 4.06. The van der Waals surface area contributed by atoms with Gasteiger partial charge in [-0.15, -0.1) is 0 Å². The molecule has 5 heteroatoms. The molecule has 3 aliphatic rings. The highest BCUT2D eigenvalue weighted by Crippen LogP contribution is 2.32. The molecule has 0 bridgehead atoms. The van der Waals surface area contributed by atoms with E-state index in [0.717, 1.165) is 31.8 Å². The van der Waals surface area contributed by atoms with E-state index in [2.05, 4.69) is 24.2 Å². The fourth-order valence-corrected chi connectivity index (χ4v) is 4.56. The molecule has 0 radical (unpaired) electrons. The van der Waals surface area contributed by atoms with Gasteiger partial charge in [0, 0.05) is 25.5 Å². The lowest BCUT2D eigenvalue weighted by molar-refractivity contribution is 0.0555. The van der Waals surface area contributed by atoms with Crippen molar-refractivity contribution in [3.05, 3.63) is 0 Å². The van der Waals surface area contributed by atoms with Crippen molar-refractivity contribution in [3.8, 4) is 0 Å². The van der Waals surface area contributed by atoms with E-state index in [1.807, 2.05) is 11.8 Å². The normalized spacial score (nSPS) is 37.7. The van der Waals surface area contributed by atoms with Crippen LogP contribution in [0.1, 0.15) is 26.2 Å². The first-order valence-electron chi connectivity index (χ1n) is 7.42. The average Bonchev–Trinajstić information content (AvgIpc) is 2.77. The average molecular weight is 283 g/mol. The quantitative estimate of drug-likeness (QED) is 0.792. The molecule has 3 aliphatic heterocycles. The first-order chi connectivity index (χ1) is 9.17. The van der Waals surface area contributed by atoms with Crippen molar-refractivity contribution in [2.75, 3.05) is 39.1 Å². The number of rotatable bonds is 1. The van der Waals surface area contributed by atoms with Gasteiger partial charge in [0.2, 0.25) is 0 Å². The zero-order valence-corrected chi connectivity index (χ0v) is 12.8. The van der Waals surface area contributed by atoms with Gasteiger partial charge >= 0.3 is 0 Å². The van der Waals surface area contributed by atoms with Crippen LogP contribution in [0.25, 0.3) is 0 Å². The second-order valence-electron chi connectivity index (χ2n) is 6.34. The third-order valence-electron chi connectivity index (χ3n) is 4.65. The molecule has 3 saturated heterocycles. The van der Waals surface area contributed by atoms with E-state index in [0.29, 0.717) is 12.0 Å². The summed E-state index contributed by atoms with van der Waals surface area (Å²) in [5, 5.41) is 4.89. The molecule has 3 fully saturated rings. The van der Waals surface area contributed by atoms with Crippen LogP contribution in [0.5, 0.6) is 0 Å². The summed E-state index contributed by atoms with van der Waals surface area (Å²) in [5.74, 6) is 1.83. The lowest BCUT2D eigenvalue weighted by Gasteiger charge is -2.34. The highest BCUT2D eigenvalue weighted by molar-refractivity contribution is 8.14. The molecule has 2 atom stereocenters. The summed E-state index contributed by atoms with van der Waals surface area (Å²) in [4.78, 5) is 7.41. The fraction of sp³-hybridized carbons (Fsp3) is 0.929. The summed E-state index contributed by atoms with van der Waals surface area (Å²) < 4.78 is 5.48. The molecule has 1 N–H and O–H groups in total. The molecule has 108 valence electrons. The van der Waals surface area contributed by atoms with Gasteiger partial charge in [-0.05, 0) is 38.8 Å². The van der Waals surface area contributed by atoms with Gasteiger partial charge in [-0.2, -0.15) is 0 Å². The van der Waals surface area contributed by atoms with Crippen molar-refractivity contribution in [1.29, 1.82) is 0 Å². The predicted molar refractivity (Wildman–Crippen MR) is 80.9 cm³/mol. The van der Waals surface area contributed by atoms with Gasteiger partial charge in [-0.3, -0.25) is 4.99 Å². The second-order valence-corrected chi connectivity index (χ2v) is 7.30. The Hall–Kier alpha value is -0.260. The highest BCUT2D eigenvalue weighted by atomic mass is 32.2. The van der Waals surface area contributed by atoms with Crippen LogP contribution in [0.15, 0.2) is 4.99 Å². The molecule has 0 saturated carbocycles. The zero-order chi connectivity index (χ0) is 13.3. The standard InChI is InChI=1S/C14H25N3OS/c1-11-9-17(2)6-3-12(11)15-13-16-14(10-19-13)4-7-18-8-5-14/h11-12H,3-10H2,1-2H3,(H,15,16). The molecule has 0 aromatic heterocycles. The van der Waals surface area contributed by atoms with E-state index in [1.165, 1.54) is 24.7 Å². The van der Waals surface area contributed by atoms with Crippen LogP contribution in [-0.2, 0) is 4.74 Å². The molecule has 0 aromatic rings. The van der Waals surface area contributed by atoms with Crippen LogP contribution in [0.2, 0.25) is 0 Å². The number of thioether (sulfide) groups is 1. The van der Waals surface area contributed by atoms with Crippen LogP contribution in [0, 0.1) is 5.92 Å². The van der Waals surface area contributed by atoms with E-state index >= 15 is 0 Å². The van der Waals surface area contributed by atoms with Crippen molar-refractivity contribution in [2.45, 2.75) is 37.8 Å². The molecule has 3 heterocycles. The Morgan fingerprint density at radius 1 is 1.42 bits per heavy atom. The van der Waals surface area contributed by atoms with Crippen LogP contribution in [0.4, 0.5) is 0 Å². The number of hydrogen-bond donors (Lipinski definition) is 1. The number of ether oxygens (including phenoxy) is 1. The van der Waals surface area contributed by atoms with Gasteiger partial charge in [0.1, 0.15) is 0 Å². The Balaban J connectivity index is 1.62. The largest absolute Gasteiger partial charge is 0.381 e. The van der Waals surface area contributed by atoms with Crippen LogP contribution < -0.4 is 5.32 Å². The summed E-state index contributed by atoms with van der Waals surface area (Å²) in [7, 11) is 2.21. The molecule has 2 unspecified atom stereocenters. The van der Waals surface area contributed by atoms with Crippen molar-refractivity contribution in [1.82, 2.24) is 10.2 Å². The molecule has 1 spiro atoms. The zero-order valence-electron chi connectivity index (χ0n) is 12.0. The Labute approximate surface area is 120 Å². The van der Waals surface area contributed by atoms with Crippen LogP contribution in [-0.4, -0.2) is 60.8 Å². The van der Waals surface area contributed by atoms with Crippen molar-refractivity contribution in [2.24, 2.45) is 10.9 Å². The van der Waals surface area contributed by atoms with Crippen LogP contribution >= 0.6 is 11.8 Å². The molecular weight excluding hydrogens is 258 g/mol. The molecule has 0 aromatic carbocycles. The minimum absolute atomic E-state index is 0.274. The van der Waals surface area contributed by atoms with Crippen molar-refractivity contribution in [3.63, 3.8) is 0 Å². The van der Waals surface area contributed by atoms with Crippen molar-refractivity contribution < 1.29 is 4.74 Å². The summed E-state index contributed by atoms with van der Waals surface area (Å²) in [6.07, 6.45) is 3.45. The van der Waals surface area contributed by atoms with Gasteiger partial charge in [0.15, 0.2) is 5.17 Å². The molecule has 0 aliphatic carbocycles. The smallest absolute Gasteiger partial charge is 0.157 e. The first kappa shape index (κ1) is 13.7. The maximum absolute atomic E-state index is 5.48. The number of nitrogens with zero attached hydrogens (tertiary/aromatic N) is 2. The second kappa shape index (κ2) is 5.62. The SMILES string of the molecule is CC1CN(C)CCC1N=C1NC2(CCOCC2)CS1. The van der Waals surface area contributed by atoms with Crippen LogP contribution in [0.3, 0.4) is 0 Å². The lowest BCUT2D eigenvalue weighted by atomic mass is 9.92. The molecule has 3 rings (SSSR count). The minimum Gasteiger partial charge on any atom is -0.381 e. The van der Waals surface area contributed by atoms with Gasteiger partial charge in [-0.25, -0.2) is 0 Å². The molecule has 4 nitrogen and oxygen atoms in total. The van der Waals surface area contributed by atoms with E-state index in [1.54, 1.807) is 0 Å². The summed E-state index contributed by atoms with van der Waals surface area (Å²) in [6, 6.07) is 0.501. The van der Waals surface area contributed by atoms with Gasteiger partial charge in [-0.1, -0.05) is 18.7 Å². The topological polar surface area (TPSA) is 36.9 Å². The number of hydrogen-bond acceptors (Lipinski definition) is 4. The predicted octanol–water partition coefficient (Wildman–Crippen LogP) is 1.57. The lowest BCUT2D eigenvalue weighted by Crippen LogP contribution is -2.48. The van der Waals surface area contributed by atoms with E-state index < -0.39 is 0 Å². The number of piperidine rings is 1. The maximum Gasteiger partial charge on any atom is 0.157 e. The Bertz CT molecular complexity index is 355. The Morgan fingerprint density at radius 3 is 2.95 bits per heavy atom. The summed E-state index contributed by atoms with van der Waals surface area (Å²) >= 11 is 1.91. The molecule has 19 heavy (non-hydrogen) atoms. The number of amidine groups is 1. The third-order valence-corrected chi connectivity index (χ3v) is 5.83. The summed E-state index contributed by atoms with van der Waals surface area (Å²) in [6.45, 7) is 6.46. The van der Waals surface area contributed by atoms with E-state index in [9.17, 15) is 0 Å². The van der Waals surface area contributed by atoms with Crippen molar-refractivity contribution >= 4 is 16.9 Å². The highest BCUT2D eigenvalue weighted by Gasteiger charge is 2.39. The fourth-order valence-electron chi connectivity index (χ4n) is 3.29. The van der Waals surface area contributed by atoms with Gasteiger partial charge in [0.25, 0.3) is 0 Å². The monoisotopic (exact) mass is 283 g/mol. The maximum atomic E-state index is 5.48. The number of nitrogens with one attached hydrogen (secondary N) is 1. The molecular formula is C14H25N3OS. The molecule has 0 amide bonds. The van der Waals surface area contributed by atoms with Gasteiger partial charge in [0.05, 0.1) is 11.6 Å². The third kappa shape index (κ3) is 3.09. The Morgan fingerprint density at radius 2 is 2.21 bits per heavy atom. The van der Waals surface area contributed by atoms with E-state index in [4.69, 9.17) is 9.73 Å². The number of aliphatic imine (C=N–C) groups is 1. The minimum atomic E-state index is 0.274. The van der Waals surface area contributed by atoms with Gasteiger partial charge < -0.3 is 15.0 Å². The summed E-state index contributed by atoms with van der Waals surface area (Å²) in [5.41, 5.74) is 0.274. The van der Waals surface area contributed by atoms with E-state index in [-0.39, 0.29) is 5.54 Å².